The van der Waals surface area contributed by atoms with Gasteiger partial charge in [0.15, 0.2) is 0 Å². The zero-order chi connectivity index (χ0) is 13.1. The second-order valence-corrected chi connectivity index (χ2v) is 6.24. The van der Waals surface area contributed by atoms with Gasteiger partial charge in [0, 0.05) is 8.95 Å². The molecule has 0 amide bonds. The van der Waals surface area contributed by atoms with E-state index in [0.29, 0.717) is 0 Å². The van der Waals surface area contributed by atoms with Crippen molar-refractivity contribution < 1.29 is 0 Å². The van der Waals surface area contributed by atoms with Crippen LogP contribution in [0.4, 0.5) is 0 Å². The lowest BCUT2D eigenvalue weighted by molar-refractivity contribution is 1.05. The van der Waals surface area contributed by atoms with Gasteiger partial charge >= 0.3 is 0 Å². The highest BCUT2D eigenvalue weighted by molar-refractivity contribution is 9.11. The number of halogens is 2. The SMILES string of the molecule is CCc1ccccc1Cc1cc(Br)cc(Br)c1C. The molecule has 0 saturated heterocycles. The van der Waals surface area contributed by atoms with Crippen LogP contribution in [-0.4, -0.2) is 0 Å². The van der Waals surface area contributed by atoms with E-state index >= 15 is 0 Å². The fraction of sp³-hybridized carbons (Fsp3) is 0.250. The molecule has 94 valence electrons. The van der Waals surface area contributed by atoms with Gasteiger partial charge in [0.25, 0.3) is 0 Å². The van der Waals surface area contributed by atoms with E-state index in [0.717, 1.165) is 17.3 Å². The van der Waals surface area contributed by atoms with E-state index in [-0.39, 0.29) is 0 Å². The minimum atomic E-state index is 0.994. The van der Waals surface area contributed by atoms with Crippen LogP contribution in [0.25, 0.3) is 0 Å². The molecular weight excluding hydrogens is 352 g/mol. The van der Waals surface area contributed by atoms with Crippen LogP contribution in [-0.2, 0) is 12.8 Å². The number of hydrogen-bond acceptors (Lipinski definition) is 0. The first-order valence-corrected chi connectivity index (χ1v) is 7.71. The Labute approximate surface area is 126 Å². The first-order valence-electron chi connectivity index (χ1n) is 6.13. The van der Waals surface area contributed by atoms with E-state index in [1.165, 1.54) is 26.7 Å². The van der Waals surface area contributed by atoms with Crippen LogP contribution >= 0.6 is 31.9 Å². The predicted molar refractivity (Wildman–Crippen MR) is 85.2 cm³/mol. The van der Waals surface area contributed by atoms with Gasteiger partial charge in [0.2, 0.25) is 0 Å². The quantitative estimate of drug-likeness (QED) is 0.655. The largest absolute Gasteiger partial charge is 0.0620 e. The summed E-state index contributed by atoms with van der Waals surface area (Å²) in [5, 5.41) is 0. The molecule has 0 heterocycles. The van der Waals surface area contributed by atoms with Crippen LogP contribution in [0, 0.1) is 6.92 Å². The highest BCUT2D eigenvalue weighted by atomic mass is 79.9. The summed E-state index contributed by atoms with van der Waals surface area (Å²) in [6.45, 7) is 4.38. The summed E-state index contributed by atoms with van der Waals surface area (Å²) in [6.07, 6.45) is 2.08. The van der Waals surface area contributed by atoms with E-state index in [2.05, 4.69) is 82.1 Å². The maximum atomic E-state index is 3.62. The summed E-state index contributed by atoms with van der Waals surface area (Å²) < 4.78 is 2.30. The van der Waals surface area contributed by atoms with Crippen molar-refractivity contribution in [1.29, 1.82) is 0 Å². The van der Waals surface area contributed by atoms with Crippen molar-refractivity contribution >= 4 is 31.9 Å². The Morgan fingerprint density at radius 3 is 2.28 bits per heavy atom. The van der Waals surface area contributed by atoms with Gasteiger partial charge in [-0.1, -0.05) is 63.0 Å². The van der Waals surface area contributed by atoms with Gasteiger partial charge < -0.3 is 0 Å². The van der Waals surface area contributed by atoms with Crippen molar-refractivity contribution in [2.45, 2.75) is 26.7 Å². The maximum Gasteiger partial charge on any atom is 0.0218 e. The standard InChI is InChI=1S/C16H16Br2/c1-3-12-6-4-5-7-13(12)8-14-9-15(17)10-16(18)11(14)2/h4-7,9-10H,3,8H2,1-2H3. The van der Waals surface area contributed by atoms with Crippen LogP contribution in [0.15, 0.2) is 45.3 Å². The third kappa shape index (κ3) is 3.04. The zero-order valence-corrected chi connectivity index (χ0v) is 13.8. The molecule has 2 rings (SSSR count). The molecule has 0 nitrogen and oxygen atoms in total. The second kappa shape index (κ2) is 6.03. The second-order valence-electron chi connectivity index (χ2n) is 4.47. The van der Waals surface area contributed by atoms with Crippen LogP contribution in [0.2, 0.25) is 0 Å². The summed E-state index contributed by atoms with van der Waals surface area (Å²) in [5.41, 5.74) is 5.56. The average molecular weight is 368 g/mol. The third-order valence-electron chi connectivity index (χ3n) is 3.30. The molecule has 0 aliphatic rings. The van der Waals surface area contributed by atoms with Crippen molar-refractivity contribution in [1.82, 2.24) is 0 Å². The van der Waals surface area contributed by atoms with Crippen LogP contribution in [0.5, 0.6) is 0 Å². The molecular formula is C16H16Br2. The summed E-state index contributed by atoms with van der Waals surface area (Å²) in [6, 6.07) is 13.0. The molecule has 0 unspecified atom stereocenters. The Bertz CT molecular complexity index is 559. The Morgan fingerprint density at radius 2 is 1.61 bits per heavy atom. The molecule has 0 saturated carbocycles. The van der Waals surface area contributed by atoms with Crippen molar-refractivity contribution in [2.24, 2.45) is 0 Å². The van der Waals surface area contributed by atoms with Crippen molar-refractivity contribution in [2.75, 3.05) is 0 Å². The molecule has 2 aromatic rings. The summed E-state index contributed by atoms with van der Waals surface area (Å²) >= 11 is 7.18. The third-order valence-corrected chi connectivity index (χ3v) is 4.58. The van der Waals surface area contributed by atoms with Crippen molar-refractivity contribution in [3.8, 4) is 0 Å². The van der Waals surface area contributed by atoms with Crippen molar-refractivity contribution in [3.63, 3.8) is 0 Å². The number of benzene rings is 2. The van der Waals surface area contributed by atoms with E-state index in [1.807, 2.05) is 0 Å². The van der Waals surface area contributed by atoms with E-state index < -0.39 is 0 Å². The topological polar surface area (TPSA) is 0 Å². The molecule has 18 heavy (non-hydrogen) atoms. The van der Waals surface area contributed by atoms with Gasteiger partial charge in [-0.2, -0.15) is 0 Å². The van der Waals surface area contributed by atoms with Gasteiger partial charge in [0.1, 0.15) is 0 Å². The summed E-state index contributed by atoms with van der Waals surface area (Å²) in [4.78, 5) is 0. The fourth-order valence-corrected chi connectivity index (χ4v) is 3.48. The smallest absolute Gasteiger partial charge is 0.0218 e. The number of aryl methyl sites for hydroxylation is 1. The first-order chi connectivity index (χ1) is 8.61. The summed E-state index contributed by atoms with van der Waals surface area (Å²) in [7, 11) is 0. The van der Waals surface area contributed by atoms with Gasteiger partial charge in [0.05, 0.1) is 0 Å². The van der Waals surface area contributed by atoms with Gasteiger partial charge in [-0.05, 0) is 54.2 Å². The Balaban J connectivity index is 2.40. The molecule has 0 fully saturated rings. The molecule has 0 aromatic heterocycles. The lowest BCUT2D eigenvalue weighted by Gasteiger charge is -2.12. The Hall–Kier alpha value is -0.600. The minimum absolute atomic E-state index is 0.994. The molecule has 0 aliphatic heterocycles. The predicted octanol–water partition coefficient (Wildman–Crippen LogP) is 5.67. The van der Waals surface area contributed by atoms with Crippen LogP contribution in [0.1, 0.15) is 29.2 Å². The van der Waals surface area contributed by atoms with Gasteiger partial charge in [-0.25, -0.2) is 0 Å². The molecule has 2 aromatic carbocycles. The van der Waals surface area contributed by atoms with Crippen LogP contribution < -0.4 is 0 Å². The normalized spacial score (nSPS) is 10.7. The van der Waals surface area contributed by atoms with E-state index in [1.54, 1.807) is 0 Å². The van der Waals surface area contributed by atoms with Gasteiger partial charge in [-0.3, -0.25) is 0 Å². The molecule has 0 radical (unpaired) electrons. The van der Waals surface area contributed by atoms with Gasteiger partial charge in [-0.15, -0.1) is 0 Å². The lowest BCUT2D eigenvalue weighted by atomic mass is 9.96. The molecule has 0 bridgehead atoms. The van der Waals surface area contributed by atoms with Crippen LogP contribution in [0.3, 0.4) is 0 Å². The van der Waals surface area contributed by atoms with E-state index in [4.69, 9.17) is 0 Å². The molecule has 0 aliphatic carbocycles. The highest BCUT2D eigenvalue weighted by Crippen LogP contribution is 2.27. The Morgan fingerprint density at radius 1 is 0.944 bits per heavy atom. The average Bonchev–Trinajstić information content (AvgIpc) is 2.36. The molecule has 2 heteroatoms. The Kier molecular flexibility index (Phi) is 4.63. The lowest BCUT2D eigenvalue weighted by Crippen LogP contribution is -1.97. The number of rotatable bonds is 3. The fourth-order valence-electron chi connectivity index (χ4n) is 2.16. The molecule has 0 N–H and O–H groups in total. The first kappa shape index (κ1) is 13.8. The van der Waals surface area contributed by atoms with E-state index in [9.17, 15) is 0 Å². The minimum Gasteiger partial charge on any atom is -0.0620 e. The number of hydrogen-bond donors (Lipinski definition) is 0. The monoisotopic (exact) mass is 366 g/mol. The highest BCUT2D eigenvalue weighted by Gasteiger charge is 2.07. The molecule has 0 atom stereocenters. The maximum absolute atomic E-state index is 3.62. The van der Waals surface area contributed by atoms with Crippen molar-refractivity contribution in [3.05, 3.63) is 67.6 Å². The zero-order valence-electron chi connectivity index (χ0n) is 10.6. The summed E-state index contributed by atoms with van der Waals surface area (Å²) in [5.74, 6) is 0. The molecule has 0 spiro atoms.